The van der Waals surface area contributed by atoms with Gasteiger partial charge >= 0.3 is 5.97 Å². The quantitative estimate of drug-likeness (QED) is 0.0508. The lowest BCUT2D eigenvalue weighted by atomic mass is 10.1. The van der Waals surface area contributed by atoms with Gasteiger partial charge in [-0.3, -0.25) is 29.2 Å². The van der Waals surface area contributed by atoms with Crippen LogP contribution in [0.3, 0.4) is 0 Å². The third-order valence-electron chi connectivity index (χ3n) is 4.34. The first-order valence-corrected chi connectivity index (χ1v) is 10.6. The van der Waals surface area contributed by atoms with Gasteiger partial charge in [0, 0.05) is 13.1 Å². The van der Waals surface area contributed by atoms with Crippen molar-refractivity contribution in [3.63, 3.8) is 0 Å². The van der Waals surface area contributed by atoms with Crippen molar-refractivity contribution in [3.8, 4) is 0 Å². The molecule has 16 N–H and O–H groups in total. The molecule has 0 rings (SSSR count). The van der Waals surface area contributed by atoms with Gasteiger partial charge in [-0.15, -0.1) is 0 Å². The lowest BCUT2D eigenvalue weighted by molar-refractivity contribution is -0.143. The lowest BCUT2D eigenvalue weighted by Crippen LogP contribution is -2.53. The summed E-state index contributed by atoms with van der Waals surface area (Å²) in [4.78, 5) is 66.7. The van der Waals surface area contributed by atoms with Gasteiger partial charge in [-0.1, -0.05) is 0 Å². The molecule has 0 aliphatic carbocycles. The number of guanidine groups is 2. The minimum Gasteiger partial charge on any atom is -0.480 e. The molecule has 3 unspecified atom stereocenters. The van der Waals surface area contributed by atoms with E-state index in [0.717, 1.165) is 0 Å². The van der Waals surface area contributed by atoms with Crippen molar-refractivity contribution in [3.05, 3.63) is 0 Å². The fourth-order valence-electron chi connectivity index (χ4n) is 2.64. The minimum absolute atomic E-state index is 0.0890. The van der Waals surface area contributed by atoms with Crippen LogP contribution in [0, 0.1) is 0 Å². The summed E-state index contributed by atoms with van der Waals surface area (Å²) in [6, 6.07) is -3.59. The Hall–Kier alpha value is -4.15. The number of hydrogen-bond donors (Lipinski definition) is 10. The van der Waals surface area contributed by atoms with Crippen molar-refractivity contribution < 1.29 is 29.1 Å². The lowest BCUT2D eigenvalue weighted by Gasteiger charge is -2.21. The van der Waals surface area contributed by atoms with E-state index in [9.17, 15) is 24.0 Å². The highest BCUT2D eigenvalue weighted by Crippen LogP contribution is 2.02. The number of nitrogens with two attached hydrogens (primary N) is 6. The van der Waals surface area contributed by atoms with E-state index in [1.807, 2.05) is 0 Å². The van der Waals surface area contributed by atoms with Crippen molar-refractivity contribution in [1.82, 2.24) is 16.0 Å². The molecule has 0 bridgehead atoms. The zero-order chi connectivity index (χ0) is 27.0. The van der Waals surface area contributed by atoms with Crippen LogP contribution in [-0.2, 0) is 24.0 Å². The number of carbonyl (C=O) groups is 5. The molecular weight excluding hydrogens is 466 g/mol. The monoisotopic (exact) mass is 501 g/mol. The van der Waals surface area contributed by atoms with E-state index >= 15 is 0 Å². The molecule has 0 aromatic carbocycles. The molecule has 0 heterocycles. The number of carbonyl (C=O) groups excluding carboxylic acids is 4. The minimum atomic E-state index is -1.55. The number of amides is 4. The van der Waals surface area contributed by atoms with Gasteiger partial charge in [-0.05, 0) is 25.7 Å². The van der Waals surface area contributed by atoms with Gasteiger partial charge < -0.3 is 55.5 Å². The van der Waals surface area contributed by atoms with Crippen LogP contribution in [0.2, 0.25) is 0 Å². The number of carboxylic acid groups (broad SMARTS) is 1. The SMILES string of the molecule is NC(=O)CC(NC(=O)CNC(=O)C(CCCN=C(N)N)NC(=O)C(N)CCCN=C(N)N)C(=O)O. The molecule has 0 aromatic rings. The van der Waals surface area contributed by atoms with Crippen LogP contribution in [0.5, 0.6) is 0 Å². The first-order valence-electron chi connectivity index (χ1n) is 10.6. The van der Waals surface area contributed by atoms with Crippen molar-refractivity contribution in [1.29, 1.82) is 0 Å². The smallest absolute Gasteiger partial charge is 0.326 e. The molecule has 17 nitrogen and oxygen atoms in total. The highest BCUT2D eigenvalue weighted by molar-refractivity contribution is 5.93. The Morgan fingerprint density at radius 3 is 1.80 bits per heavy atom. The average molecular weight is 502 g/mol. The summed E-state index contributed by atoms with van der Waals surface area (Å²) in [5.41, 5.74) is 31.8. The molecule has 0 aliphatic rings. The Kier molecular flexibility index (Phi) is 14.5. The van der Waals surface area contributed by atoms with Gasteiger partial charge in [0.2, 0.25) is 23.6 Å². The Morgan fingerprint density at radius 2 is 1.31 bits per heavy atom. The van der Waals surface area contributed by atoms with Gasteiger partial charge in [-0.25, -0.2) is 4.79 Å². The van der Waals surface area contributed by atoms with Crippen molar-refractivity contribution in [2.24, 2.45) is 44.4 Å². The number of hydrogen-bond acceptors (Lipinski definition) is 8. The number of carboxylic acids is 1. The topological polar surface area (TPSA) is 323 Å². The molecule has 17 heteroatoms. The van der Waals surface area contributed by atoms with Crippen LogP contribution in [0.4, 0.5) is 0 Å². The predicted molar refractivity (Wildman–Crippen MR) is 126 cm³/mol. The number of rotatable bonds is 17. The molecule has 0 spiro atoms. The number of aliphatic carboxylic acids is 1. The Bertz CT molecular complexity index is 809. The van der Waals surface area contributed by atoms with E-state index in [4.69, 9.17) is 39.5 Å². The van der Waals surface area contributed by atoms with E-state index in [1.165, 1.54) is 0 Å². The van der Waals surface area contributed by atoms with E-state index in [2.05, 4.69) is 25.9 Å². The van der Waals surface area contributed by atoms with Crippen LogP contribution in [0.15, 0.2) is 9.98 Å². The maximum Gasteiger partial charge on any atom is 0.326 e. The highest BCUT2D eigenvalue weighted by Gasteiger charge is 2.25. The van der Waals surface area contributed by atoms with Gasteiger partial charge in [0.1, 0.15) is 12.1 Å². The Labute approximate surface area is 201 Å². The maximum atomic E-state index is 12.6. The van der Waals surface area contributed by atoms with E-state index in [0.29, 0.717) is 12.8 Å². The molecule has 0 aliphatic heterocycles. The van der Waals surface area contributed by atoms with Crippen molar-refractivity contribution in [2.75, 3.05) is 19.6 Å². The van der Waals surface area contributed by atoms with E-state index < -0.39 is 60.7 Å². The summed E-state index contributed by atoms with van der Waals surface area (Å²) in [6.45, 7) is -0.166. The number of primary amides is 1. The van der Waals surface area contributed by atoms with Crippen LogP contribution < -0.4 is 50.4 Å². The van der Waals surface area contributed by atoms with Crippen LogP contribution in [0.1, 0.15) is 32.1 Å². The summed E-state index contributed by atoms with van der Waals surface area (Å²) in [5, 5.41) is 15.9. The zero-order valence-corrected chi connectivity index (χ0v) is 19.2. The molecule has 0 saturated carbocycles. The molecule has 4 amide bonds. The van der Waals surface area contributed by atoms with Crippen molar-refractivity contribution >= 4 is 41.5 Å². The first-order chi connectivity index (χ1) is 16.3. The van der Waals surface area contributed by atoms with Gasteiger partial charge in [0.15, 0.2) is 11.9 Å². The largest absolute Gasteiger partial charge is 0.480 e. The van der Waals surface area contributed by atoms with E-state index in [1.54, 1.807) is 0 Å². The summed E-state index contributed by atoms with van der Waals surface area (Å²) >= 11 is 0. The van der Waals surface area contributed by atoms with Crippen LogP contribution in [-0.4, -0.2) is 84.4 Å². The van der Waals surface area contributed by atoms with Gasteiger partial charge in [-0.2, -0.15) is 0 Å². The normalized spacial score (nSPS) is 12.8. The van der Waals surface area contributed by atoms with E-state index in [-0.39, 0.29) is 37.9 Å². The zero-order valence-electron chi connectivity index (χ0n) is 19.2. The van der Waals surface area contributed by atoms with Gasteiger partial charge in [0.25, 0.3) is 0 Å². The van der Waals surface area contributed by atoms with Crippen LogP contribution in [0.25, 0.3) is 0 Å². The third-order valence-corrected chi connectivity index (χ3v) is 4.34. The predicted octanol–water partition coefficient (Wildman–Crippen LogP) is -5.53. The second-order valence-corrected chi connectivity index (χ2v) is 7.41. The summed E-state index contributed by atoms with van der Waals surface area (Å²) in [7, 11) is 0. The Morgan fingerprint density at radius 1 is 0.771 bits per heavy atom. The second-order valence-electron chi connectivity index (χ2n) is 7.41. The fourth-order valence-corrected chi connectivity index (χ4v) is 2.64. The molecule has 0 fully saturated rings. The second kappa shape index (κ2) is 16.5. The maximum absolute atomic E-state index is 12.6. The standard InChI is InChI=1S/C18H35N11O6/c19-9(3-1-5-25-17(21)22)14(32)29-10(4-2-6-26-18(23)24)15(33)27-8-13(31)28-11(16(34)35)7-12(20)30/h9-11H,1-8,19H2,(H2,20,30)(H,27,33)(H,28,31)(H,29,32)(H,34,35)(H4,21,22,25)(H4,23,24,26). The molecular formula is C18H35N11O6. The first kappa shape index (κ1) is 30.8. The molecule has 0 radical (unpaired) electrons. The average Bonchev–Trinajstić information content (AvgIpc) is 2.75. The molecule has 198 valence electrons. The number of nitrogens with zero attached hydrogens (tertiary/aromatic N) is 2. The summed E-state index contributed by atoms with van der Waals surface area (Å²) in [5.74, 6) is -4.86. The Balaban J connectivity index is 5.00. The molecule has 0 saturated heterocycles. The number of nitrogens with one attached hydrogen (secondary N) is 3. The molecule has 3 atom stereocenters. The fraction of sp³-hybridized carbons (Fsp3) is 0.611. The third kappa shape index (κ3) is 15.3. The number of aliphatic imine (C=N–C) groups is 2. The summed E-state index contributed by atoms with van der Waals surface area (Å²) in [6.07, 6.45) is 0.450. The molecule has 35 heavy (non-hydrogen) atoms. The van der Waals surface area contributed by atoms with Crippen molar-refractivity contribution in [2.45, 2.75) is 50.2 Å². The highest BCUT2D eigenvalue weighted by atomic mass is 16.4. The van der Waals surface area contributed by atoms with Gasteiger partial charge in [0.05, 0.1) is 19.0 Å². The van der Waals surface area contributed by atoms with Crippen LogP contribution >= 0.6 is 0 Å². The summed E-state index contributed by atoms with van der Waals surface area (Å²) < 4.78 is 0. The molecule has 0 aromatic heterocycles.